The normalized spacial score (nSPS) is 15.3. The van der Waals surface area contributed by atoms with E-state index in [1.54, 1.807) is 0 Å². The molecule has 1 aliphatic carbocycles. The predicted molar refractivity (Wildman–Crippen MR) is 93.5 cm³/mol. The second kappa shape index (κ2) is 5.84. The molecule has 3 N–H and O–H groups in total. The van der Waals surface area contributed by atoms with Crippen molar-refractivity contribution in [3.63, 3.8) is 0 Å². The van der Waals surface area contributed by atoms with E-state index in [1.807, 2.05) is 32.0 Å². The summed E-state index contributed by atoms with van der Waals surface area (Å²) in [5.41, 5.74) is 2.51. The van der Waals surface area contributed by atoms with E-state index >= 15 is 0 Å². The van der Waals surface area contributed by atoms with Gasteiger partial charge in [0, 0.05) is 12.1 Å². The Morgan fingerprint density at radius 2 is 2.12 bits per heavy atom. The van der Waals surface area contributed by atoms with Crippen molar-refractivity contribution in [3.8, 4) is 0 Å². The predicted octanol–water partition coefficient (Wildman–Crippen LogP) is 2.32. The molecule has 3 aromatic rings. The van der Waals surface area contributed by atoms with Gasteiger partial charge in [-0.05, 0) is 44.4 Å². The van der Waals surface area contributed by atoms with Gasteiger partial charge in [0.05, 0.1) is 17.1 Å². The maximum atomic E-state index is 12.4. The molecule has 0 spiro atoms. The monoisotopic (exact) mass is 337 g/mol. The van der Waals surface area contributed by atoms with Crippen LogP contribution in [0.5, 0.6) is 0 Å². The van der Waals surface area contributed by atoms with Gasteiger partial charge in [-0.15, -0.1) is 0 Å². The van der Waals surface area contributed by atoms with Crippen molar-refractivity contribution in [2.24, 2.45) is 0 Å². The lowest BCUT2D eigenvalue weighted by molar-refractivity contribution is 0.0936. The van der Waals surface area contributed by atoms with Gasteiger partial charge in [-0.1, -0.05) is 6.07 Å². The molecule has 0 radical (unpaired) electrons. The highest BCUT2D eigenvalue weighted by molar-refractivity contribution is 5.93. The molecule has 7 nitrogen and oxygen atoms in total. The van der Waals surface area contributed by atoms with E-state index in [0.29, 0.717) is 17.6 Å². The number of hydrogen-bond donors (Lipinski definition) is 3. The van der Waals surface area contributed by atoms with Crippen LogP contribution in [-0.2, 0) is 0 Å². The molecule has 128 valence electrons. The Kier molecular flexibility index (Phi) is 3.63. The molecule has 2 aromatic heterocycles. The quantitative estimate of drug-likeness (QED) is 0.679. The zero-order valence-electron chi connectivity index (χ0n) is 14.1. The van der Waals surface area contributed by atoms with Crippen LogP contribution >= 0.6 is 0 Å². The Labute approximate surface area is 143 Å². The number of amides is 1. The number of fused-ring (bicyclic) bond motifs is 1. The number of nitrogens with zero attached hydrogens (tertiary/aromatic N) is 2. The summed E-state index contributed by atoms with van der Waals surface area (Å²) in [5, 5.41) is 2.80. The van der Waals surface area contributed by atoms with Crippen LogP contribution in [0.2, 0.25) is 0 Å². The topological polar surface area (TPSA) is 104 Å². The highest BCUT2D eigenvalue weighted by Crippen LogP contribution is 2.37. The number of aryl methyl sites for hydroxylation is 1. The molecule has 0 saturated heterocycles. The molecule has 2 heterocycles. The second-order valence-corrected chi connectivity index (χ2v) is 6.62. The van der Waals surface area contributed by atoms with E-state index < -0.39 is 11.5 Å². The molecule has 1 aromatic carbocycles. The number of aromatic amines is 2. The maximum Gasteiger partial charge on any atom is 0.263 e. The zero-order chi connectivity index (χ0) is 17.6. The summed E-state index contributed by atoms with van der Waals surface area (Å²) in [6.45, 7) is 3.83. The Bertz CT molecular complexity index is 1020. The first-order valence-electron chi connectivity index (χ1n) is 8.37. The molecule has 7 heteroatoms. The van der Waals surface area contributed by atoms with Crippen LogP contribution in [0, 0.1) is 6.92 Å². The number of hydrogen-bond acceptors (Lipinski definition) is 4. The largest absolute Gasteiger partial charge is 0.342 e. The number of carbonyl (C=O) groups is 1. The highest BCUT2D eigenvalue weighted by Gasteiger charge is 2.27. The Balaban J connectivity index is 1.53. The van der Waals surface area contributed by atoms with Gasteiger partial charge in [-0.3, -0.25) is 9.59 Å². The van der Waals surface area contributed by atoms with Crippen molar-refractivity contribution in [1.29, 1.82) is 0 Å². The minimum atomic E-state index is -0.458. The fourth-order valence-corrected chi connectivity index (χ4v) is 2.83. The van der Waals surface area contributed by atoms with Crippen molar-refractivity contribution in [3.05, 3.63) is 57.5 Å². The molecule has 1 fully saturated rings. The van der Waals surface area contributed by atoms with Gasteiger partial charge in [0.15, 0.2) is 0 Å². The van der Waals surface area contributed by atoms with E-state index in [4.69, 9.17) is 0 Å². The van der Waals surface area contributed by atoms with Crippen molar-refractivity contribution in [1.82, 2.24) is 25.3 Å². The minimum absolute atomic E-state index is 0.0169. The van der Waals surface area contributed by atoms with E-state index in [1.165, 1.54) is 6.20 Å². The first-order chi connectivity index (χ1) is 12.0. The number of benzene rings is 1. The average molecular weight is 337 g/mol. The van der Waals surface area contributed by atoms with E-state index in [0.717, 1.165) is 29.4 Å². The summed E-state index contributed by atoms with van der Waals surface area (Å²) in [6, 6.07) is 5.57. The summed E-state index contributed by atoms with van der Waals surface area (Å²) >= 11 is 0. The molecule has 1 aliphatic rings. The molecule has 1 saturated carbocycles. The molecule has 25 heavy (non-hydrogen) atoms. The van der Waals surface area contributed by atoms with Crippen molar-refractivity contribution < 1.29 is 4.79 Å². The first kappa shape index (κ1) is 15.6. The van der Waals surface area contributed by atoms with Crippen molar-refractivity contribution in [2.75, 3.05) is 0 Å². The molecule has 0 aliphatic heterocycles. The van der Waals surface area contributed by atoms with Crippen molar-refractivity contribution in [2.45, 2.75) is 38.6 Å². The van der Waals surface area contributed by atoms with Crippen LogP contribution in [-0.4, -0.2) is 25.8 Å². The summed E-state index contributed by atoms with van der Waals surface area (Å²) in [6.07, 6.45) is 3.44. The van der Waals surface area contributed by atoms with Crippen LogP contribution in [0.3, 0.4) is 0 Å². The summed E-state index contributed by atoms with van der Waals surface area (Å²) in [7, 11) is 0. The minimum Gasteiger partial charge on any atom is -0.342 e. The molecular weight excluding hydrogens is 318 g/mol. The molecule has 1 amide bonds. The number of nitrogens with one attached hydrogen (secondary N) is 3. The van der Waals surface area contributed by atoms with Gasteiger partial charge in [0.1, 0.15) is 17.2 Å². The first-order valence-corrected chi connectivity index (χ1v) is 8.37. The third-order valence-corrected chi connectivity index (χ3v) is 4.44. The van der Waals surface area contributed by atoms with E-state index in [9.17, 15) is 9.59 Å². The van der Waals surface area contributed by atoms with Gasteiger partial charge < -0.3 is 15.3 Å². The molecule has 1 atom stereocenters. The number of aromatic nitrogens is 4. The zero-order valence-corrected chi connectivity index (χ0v) is 14.1. The number of imidazole rings is 1. The molecular formula is C18H19N5O2. The molecule has 0 unspecified atom stereocenters. The summed E-state index contributed by atoms with van der Waals surface area (Å²) in [5.74, 6) is 1.19. The van der Waals surface area contributed by atoms with E-state index in [2.05, 4.69) is 25.3 Å². The number of carbonyl (C=O) groups excluding carboxylic acids is 1. The number of rotatable bonds is 4. The van der Waals surface area contributed by atoms with Crippen LogP contribution < -0.4 is 10.9 Å². The fraction of sp³-hybridized carbons (Fsp3) is 0.333. The van der Waals surface area contributed by atoms with Gasteiger partial charge in [0.2, 0.25) is 0 Å². The highest BCUT2D eigenvalue weighted by atomic mass is 16.2. The lowest BCUT2D eigenvalue weighted by Gasteiger charge is -2.11. The number of H-pyrrole nitrogens is 2. The lowest BCUT2D eigenvalue weighted by Crippen LogP contribution is -2.32. The molecule has 4 rings (SSSR count). The Hall–Kier alpha value is -2.96. The van der Waals surface area contributed by atoms with Crippen LogP contribution in [0.15, 0.2) is 29.2 Å². The van der Waals surface area contributed by atoms with Crippen molar-refractivity contribution >= 4 is 16.9 Å². The average Bonchev–Trinajstić information content (AvgIpc) is 3.34. The van der Waals surface area contributed by atoms with Gasteiger partial charge in [-0.25, -0.2) is 9.97 Å². The Morgan fingerprint density at radius 3 is 2.84 bits per heavy atom. The van der Waals surface area contributed by atoms with Gasteiger partial charge >= 0.3 is 0 Å². The van der Waals surface area contributed by atoms with Gasteiger partial charge in [0.25, 0.3) is 11.5 Å². The van der Waals surface area contributed by atoms with Crippen LogP contribution in [0.1, 0.15) is 59.3 Å². The SMILES string of the molecule is Cc1ccc2nc([C@@H](C)NC(=O)c3cnc(C4CC4)[nH]c3=O)[nH]c2c1. The molecule has 0 bridgehead atoms. The lowest BCUT2D eigenvalue weighted by atomic mass is 10.2. The standard InChI is InChI=1S/C18H19N5O2/c1-9-3-6-13-14(7-9)22-15(21-13)10(2)20-17(24)12-8-19-16(11-4-5-11)23-18(12)25/h3,6-8,10-11H,4-5H2,1-2H3,(H,20,24)(H,21,22)(H,19,23,25)/t10-/m1/s1. The summed E-state index contributed by atoms with van der Waals surface area (Å²) in [4.78, 5) is 39.2. The third-order valence-electron chi connectivity index (χ3n) is 4.44. The van der Waals surface area contributed by atoms with Crippen LogP contribution in [0.25, 0.3) is 11.0 Å². The Morgan fingerprint density at radius 1 is 1.32 bits per heavy atom. The second-order valence-electron chi connectivity index (χ2n) is 6.62. The smallest absolute Gasteiger partial charge is 0.263 e. The van der Waals surface area contributed by atoms with E-state index in [-0.39, 0.29) is 11.6 Å². The fourth-order valence-electron chi connectivity index (χ4n) is 2.83. The van der Waals surface area contributed by atoms with Gasteiger partial charge in [-0.2, -0.15) is 0 Å². The maximum absolute atomic E-state index is 12.4. The summed E-state index contributed by atoms with van der Waals surface area (Å²) < 4.78 is 0. The third kappa shape index (κ3) is 3.05. The van der Waals surface area contributed by atoms with Crippen LogP contribution in [0.4, 0.5) is 0 Å².